The fraction of sp³-hybridized carbons (Fsp3) is 0.636. The third kappa shape index (κ3) is 2.07. The highest BCUT2D eigenvalue weighted by Gasteiger charge is 2.55. The molecule has 0 aromatic heterocycles. The van der Waals surface area contributed by atoms with Crippen LogP contribution in [0.25, 0.3) is 0 Å². The Hall–Kier alpha value is -0.240. The summed E-state index contributed by atoms with van der Waals surface area (Å²) in [5.41, 5.74) is -0.681. The molecule has 0 saturated carbocycles. The molecule has 100 valence electrons. The highest BCUT2D eigenvalue weighted by atomic mass is 79.9. The quantitative estimate of drug-likeness (QED) is 0.567. The van der Waals surface area contributed by atoms with Crippen molar-refractivity contribution in [1.29, 1.82) is 0 Å². The number of rotatable bonds is 2. The molecule has 1 aliphatic carbocycles. The van der Waals surface area contributed by atoms with Crippen molar-refractivity contribution in [3.63, 3.8) is 0 Å². The minimum Gasteiger partial charge on any atom is -0.468 e. The summed E-state index contributed by atoms with van der Waals surface area (Å²) < 4.78 is 10.8. The van der Waals surface area contributed by atoms with E-state index in [9.17, 15) is 9.59 Å². The maximum atomic E-state index is 11.9. The van der Waals surface area contributed by atoms with Crippen molar-refractivity contribution in [3.8, 4) is 0 Å². The lowest BCUT2D eigenvalue weighted by atomic mass is 9.85. The molecule has 1 fully saturated rings. The zero-order chi connectivity index (χ0) is 13.5. The first-order chi connectivity index (χ1) is 8.45. The fourth-order valence-electron chi connectivity index (χ4n) is 2.48. The number of carbonyl (C=O) groups is 2. The van der Waals surface area contributed by atoms with Crippen LogP contribution in [-0.4, -0.2) is 48.5 Å². The zero-order valence-corrected chi connectivity index (χ0v) is 13.1. The average molecular weight is 383 g/mol. The fourth-order valence-corrected chi connectivity index (χ4v) is 4.26. The number of alkyl halides is 1. The van der Waals surface area contributed by atoms with Crippen molar-refractivity contribution in [2.24, 2.45) is 0 Å². The first-order valence-electron chi connectivity index (χ1n) is 5.41. The van der Waals surface area contributed by atoms with Gasteiger partial charge in [-0.2, -0.15) is 0 Å². The summed E-state index contributed by atoms with van der Waals surface area (Å²) in [5, 5.41) is 3.10. The minimum atomic E-state index is -0.681. The van der Waals surface area contributed by atoms with Crippen molar-refractivity contribution >= 4 is 43.6 Å². The Morgan fingerprint density at radius 2 is 2.22 bits per heavy atom. The Balaban J connectivity index is 2.36. The number of esters is 1. The molecule has 18 heavy (non-hydrogen) atoms. The molecule has 0 bridgehead atoms. The normalized spacial score (nSPS) is 39.2. The number of Topliss-reactive ketones (excluding diaryl/α,β-unsaturated/α-hetero) is 1. The molecule has 0 unspecified atom stereocenters. The van der Waals surface area contributed by atoms with Gasteiger partial charge in [-0.1, -0.05) is 15.9 Å². The zero-order valence-electron chi connectivity index (χ0n) is 9.91. The van der Waals surface area contributed by atoms with Crippen LogP contribution in [-0.2, 0) is 19.1 Å². The second-order valence-corrected chi connectivity index (χ2v) is 6.18. The molecule has 1 N–H and O–H groups in total. The highest BCUT2D eigenvalue weighted by molar-refractivity contribution is 9.12. The van der Waals surface area contributed by atoms with Crippen LogP contribution >= 0.6 is 31.9 Å². The molecule has 7 heteroatoms. The second-order valence-electron chi connectivity index (χ2n) is 4.34. The van der Waals surface area contributed by atoms with E-state index in [0.717, 1.165) is 0 Å². The van der Waals surface area contributed by atoms with Gasteiger partial charge in [0.25, 0.3) is 0 Å². The van der Waals surface area contributed by atoms with Gasteiger partial charge in [-0.25, -0.2) is 0 Å². The number of ketones is 1. The number of hydrogen-bond donors (Lipinski definition) is 1. The minimum absolute atomic E-state index is 0.0642. The maximum absolute atomic E-state index is 11.9. The summed E-state index contributed by atoms with van der Waals surface area (Å²) in [6.07, 6.45) is 2.17. The van der Waals surface area contributed by atoms with Crippen LogP contribution in [0.4, 0.5) is 0 Å². The Morgan fingerprint density at radius 3 is 2.78 bits per heavy atom. The molecule has 2 rings (SSSR count). The number of methoxy groups -OCH3 is 2. The van der Waals surface area contributed by atoms with Crippen LogP contribution in [0.1, 0.15) is 6.42 Å². The summed E-state index contributed by atoms with van der Waals surface area (Å²) in [6, 6.07) is -0.761. The number of hydrogen-bond acceptors (Lipinski definition) is 5. The van der Waals surface area contributed by atoms with Gasteiger partial charge in [0, 0.05) is 13.5 Å². The van der Waals surface area contributed by atoms with E-state index in [0.29, 0.717) is 10.9 Å². The van der Waals surface area contributed by atoms with E-state index in [1.165, 1.54) is 7.11 Å². The van der Waals surface area contributed by atoms with E-state index in [1.54, 1.807) is 13.2 Å². The highest BCUT2D eigenvalue weighted by Crippen LogP contribution is 2.41. The predicted molar refractivity (Wildman–Crippen MR) is 71.8 cm³/mol. The molecule has 0 aromatic rings. The molecule has 4 atom stereocenters. The van der Waals surface area contributed by atoms with Gasteiger partial charge in [0.15, 0.2) is 5.78 Å². The van der Waals surface area contributed by atoms with Gasteiger partial charge >= 0.3 is 5.97 Å². The Labute approximate surface area is 122 Å². The van der Waals surface area contributed by atoms with E-state index < -0.39 is 16.5 Å². The predicted octanol–water partition coefficient (Wildman–Crippen LogP) is 0.900. The summed E-state index contributed by atoms with van der Waals surface area (Å²) in [7, 11) is 2.91. The van der Waals surface area contributed by atoms with Gasteiger partial charge in [0.05, 0.1) is 22.5 Å². The molecule has 5 nitrogen and oxygen atoms in total. The van der Waals surface area contributed by atoms with Crippen molar-refractivity contribution in [1.82, 2.24) is 5.32 Å². The molecule has 1 heterocycles. The van der Waals surface area contributed by atoms with E-state index in [2.05, 4.69) is 37.2 Å². The van der Waals surface area contributed by atoms with Crippen LogP contribution in [0, 0.1) is 0 Å². The number of carbonyl (C=O) groups excluding carboxylic acids is 2. The summed E-state index contributed by atoms with van der Waals surface area (Å²) in [6.45, 7) is 0. The summed E-state index contributed by atoms with van der Waals surface area (Å²) in [4.78, 5) is 23.1. The lowest BCUT2D eigenvalue weighted by Gasteiger charge is -2.36. The van der Waals surface area contributed by atoms with Gasteiger partial charge in [0.1, 0.15) is 11.6 Å². The van der Waals surface area contributed by atoms with Gasteiger partial charge < -0.3 is 9.47 Å². The summed E-state index contributed by atoms with van der Waals surface area (Å²) in [5.74, 6) is -0.414. The van der Waals surface area contributed by atoms with E-state index in [4.69, 9.17) is 9.47 Å². The molecule has 0 spiro atoms. The molecule has 0 radical (unpaired) electrons. The SMILES string of the molecule is COC(=O)[C@@H]1C[C@@]2(OC)C=C(Br)C(=O)[C@@H](Br)[C@H]2N1. The van der Waals surface area contributed by atoms with Gasteiger partial charge in [-0.15, -0.1) is 0 Å². The van der Waals surface area contributed by atoms with Crippen molar-refractivity contribution in [3.05, 3.63) is 10.6 Å². The first kappa shape index (κ1) is 14.2. The maximum Gasteiger partial charge on any atom is 0.322 e. The lowest BCUT2D eigenvalue weighted by Crippen LogP contribution is -2.54. The molecule has 0 amide bonds. The number of nitrogens with one attached hydrogen (secondary N) is 1. The first-order valence-corrected chi connectivity index (χ1v) is 7.11. The van der Waals surface area contributed by atoms with Gasteiger partial charge in [-0.05, 0) is 22.0 Å². The summed E-state index contributed by atoms with van der Waals surface area (Å²) >= 11 is 6.60. The smallest absolute Gasteiger partial charge is 0.322 e. The van der Waals surface area contributed by atoms with Crippen LogP contribution in [0.5, 0.6) is 0 Å². The number of halogens is 2. The molecule has 1 aliphatic heterocycles. The molecule has 0 aromatic carbocycles. The Kier molecular flexibility index (Phi) is 3.96. The topological polar surface area (TPSA) is 64.6 Å². The van der Waals surface area contributed by atoms with Gasteiger partial charge in [-0.3, -0.25) is 14.9 Å². The largest absolute Gasteiger partial charge is 0.468 e. The van der Waals surface area contributed by atoms with E-state index in [-0.39, 0.29) is 17.8 Å². The number of allylic oxidation sites excluding steroid dienone is 1. The van der Waals surface area contributed by atoms with Crippen LogP contribution in [0.2, 0.25) is 0 Å². The Morgan fingerprint density at radius 1 is 1.56 bits per heavy atom. The Bertz CT molecular complexity index is 425. The second kappa shape index (κ2) is 5.03. The van der Waals surface area contributed by atoms with Crippen molar-refractivity contribution in [2.45, 2.75) is 28.9 Å². The number of ether oxygens (including phenoxy) is 2. The molecule has 1 saturated heterocycles. The van der Waals surface area contributed by atoms with Crippen molar-refractivity contribution < 1.29 is 19.1 Å². The third-order valence-electron chi connectivity index (χ3n) is 3.45. The van der Waals surface area contributed by atoms with Crippen molar-refractivity contribution in [2.75, 3.05) is 14.2 Å². The number of fused-ring (bicyclic) bond motifs is 1. The van der Waals surface area contributed by atoms with E-state index in [1.807, 2.05) is 0 Å². The monoisotopic (exact) mass is 381 g/mol. The van der Waals surface area contributed by atoms with Crippen LogP contribution < -0.4 is 5.32 Å². The van der Waals surface area contributed by atoms with Gasteiger partial charge in [0.2, 0.25) is 0 Å². The standard InChI is InChI=1S/C11H13Br2NO4/c1-17-10(16)6-4-11(18-2)3-5(12)8(15)7(13)9(11)14-6/h3,6-7,9,14H,4H2,1-2H3/t6-,7+,9+,11-/m0/s1. The molecular formula is C11H13Br2NO4. The molecule has 2 aliphatic rings. The van der Waals surface area contributed by atoms with E-state index >= 15 is 0 Å². The third-order valence-corrected chi connectivity index (χ3v) is 5.01. The van der Waals surface area contributed by atoms with Crippen LogP contribution in [0.15, 0.2) is 10.6 Å². The molecular weight excluding hydrogens is 370 g/mol. The van der Waals surface area contributed by atoms with Crippen LogP contribution in [0.3, 0.4) is 0 Å². The lowest BCUT2D eigenvalue weighted by molar-refractivity contribution is -0.143. The average Bonchev–Trinajstić information content (AvgIpc) is 2.75.